The average molecular weight is 346 g/mol. The van der Waals surface area contributed by atoms with E-state index in [0.29, 0.717) is 0 Å². The summed E-state index contributed by atoms with van der Waals surface area (Å²) in [5, 5.41) is 53.2. The number of carbonyl (C=O) groups excluding carboxylic acids is 2. The van der Waals surface area contributed by atoms with E-state index in [9.17, 15) is 19.8 Å². The molecule has 0 bridgehead atoms. The molecule has 1 aliphatic rings. The number of amides is 2. The van der Waals surface area contributed by atoms with Crippen molar-refractivity contribution in [1.82, 2.24) is 9.80 Å². The van der Waals surface area contributed by atoms with Gasteiger partial charge < -0.3 is 41.7 Å². The Balaban J connectivity index is 3.27. The minimum absolute atomic E-state index is 0.425. The molecule has 10 N–H and O–H groups in total. The van der Waals surface area contributed by atoms with Gasteiger partial charge in [-0.3, -0.25) is 20.4 Å². The highest BCUT2D eigenvalue weighted by Crippen LogP contribution is 2.20. The third kappa shape index (κ3) is 3.97. The van der Waals surface area contributed by atoms with Crippen LogP contribution in [0.5, 0.6) is 0 Å². The van der Waals surface area contributed by atoms with Crippen LogP contribution < -0.4 is 11.5 Å². The molecular weight excluding hydrogens is 324 g/mol. The fourth-order valence-electron chi connectivity index (χ4n) is 2.44. The van der Waals surface area contributed by atoms with Crippen molar-refractivity contribution in [3.8, 4) is 0 Å². The second-order valence-corrected chi connectivity index (χ2v) is 5.36. The molecule has 0 spiro atoms. The Kier molecular flexibility index (Phi) is 6.60. The van der Waals surface area contributed by atoms with Gasteiger partial charge >= 0.3 is 0 Å². The summed E-state index contributed by atoms with van der Waals surface area (Å²) in [6.45, 7) is -2.19. The van der Waals surface area contributed by atoms with Gasteiger partial charge in [0.1, 0.15) is 11.7 Å². The number of aliphatic hydroxyl groups excluding tert-OH is 4. The molecule has 1 rings (SSSR count). The van der Waals surface area contributed by atoms with E-state index in [2.05, 4.69) is 0 Å². The number of nitrogens with zero attached hydrogens (tertiary/aromatic N) is 2. The summed E-state index contributed by atoms with van der Waals surface area (Å²) in [5.74, 6) is -3.08. The number of piperazine rings is 1. The molecule has 0 aromatic heterocycles. The summed E-state index contributed by atoms with van der Waals surface area (Å²) in [6, 6.07) is -3.00. The van der Waals surface area contributed by atoms with E-state index in [4.69, 9.17) is 32.5 Å². The van der Waals surface area contributed by atoms with Crippen LogP contribution in [0.4, 0.5) is 0 Å². The fraction of sp³-hybridized carbons (Fsp3) is 0.667. The quantitative estimate of drug-likeness (QED) is 0.212. The molecule has 1 heterocycles. The van der Waals surface area contributed by atoms with Crippen LogP contribution in [0.25, 0.3) is 0 Å². The summed E-state index contributed by atoms with van der Waals surface area (Å²) in [4.78, 5) is 25.2. The topological polar surface area (TPSA) is 221 Å². The Bertz CT molecular complexity index is 482. The standard InChI is InChI=1S/C12H22N6O6/c13-9-8(12(16)24)18(2-6(22)4-20)10(14)7(11(15)23)17(9)1-5(21)3-19/h5-8,13-14,19-22H,1-4H2,(H2,15,23)(H2,16,24). The van der Waals surface area contributed by atoms with Gasteiger partial charge in [-0.25, -0.2) is 0 Å². The molecule has 1 saturated heterocycles. The van der Waals surface area contributed by atoms with Gasteiger partial charge in [-0.15, -0.1) is 0 Å². The maximum absolute atomic E-state index is 11.7. The number of β-amino-alcohol motifs (C(OH)–C–C–N with tert-alkyl or cyclic N) is 2. The van der Waals surface area contributed by atoms with E-state index in [1.165, 1.54) is 0 Å². The highest BCUT2D eigenvalue weighted by Gasteiger charge is 2.47. The Morgan fingerprint density at radius 3 is 1.42 bits per heavy atom. The first-order valence-corrected chi connectivity index (χ1v) is 7.02. The molecule has 12 nitrogen and oxygen atoms in total. The monoisotopic (exact) mass is 346 g/mol. The van der Waals surface area contributed by atoms with Gasteiger partial charge in [-0.2, -0.15) is 0 Å². The van der Waals surface area contributed by atoms with Gasteiger partial charge in [0, 0.05) is 13.1 Å². The maximum Gasteiger partial charge on any atom is 0.248 e. The molecule has 1 aliphatic heterocycles. The van der Waals surface area contributed by atoms with E-state index >= 15 is 0 Å². The molecule has 136 valence electrons. The van der Waals surface area contributed by atoms with Crippen LogP contribution in [0.3, 0.4) is 0 Å². The molecule has 4 atom stereocenters. The van der Waals surface area contributed by atoms with Crippen LogP contribution in [0, 0.1) is 10.8 Å². The minimum atomic E-state index is -1.50. The summed E-state index contributed by atoms with van der Waals surface area (Å²) in [7, 11) is 0. The smallest absolute Gasteiger partial charge is 0.248 e. The minimum Gasteiger partial charge on any atom is -0.394 e. The molecule has 12 heteroatoms. The van der Waals surface area contributed by atoms with Crippen LogP contribution in [0.15, 0.2) is 0 Å². The third-order valence-corrected chi connectivity index (χ3v) is 3.54. The molecule has 2 amide bonds. The van der Waals surface area contributed by atoms with Crippen LogP contribution >= 0.6 is 0 Å². The van der Waals surface area contributed by atoms with E-state index < -0.39 is 74.1 Å². The fourth-order valence-corrected chi connectivity index (χ4v) is 2.44. The van der Waals surface area contributed by atoms with Crippen molar-refractivity contribution in [2.75, 3.05) is 26.3 Å². The SMILES string of the molecule is N=C1C(C(N)=O)N(CC(O)CO)C(=N)C(C(N)=O)N1CC(O)CO. The number of nitrogens with two attached hydrogens (primary N) is 2. The molecule has 24 heavy (non-hydrogen) atoms. The number of amidine groups is 2. The van der Waals surface area contributed by atoms with Crippen LogP contribution in [-0.4, -0.2) is 104 Å². The van der Waals surface area contributed by atoms with Crippen LogP contribution in [-0.2, 0) is 9.59 Å². The lowest BCUT2D eigenvalue weighted by molar-refractivity contribution is -0.124. The van der Waals surface area contributed by atoms with Gasteiger partial charge in [-0.05, 0) is 0 Å². The number of hydrogen-bond donors (Lipinski definition) is 8. The zero-order valence-corrected chi connectivity index (χ0v) is 12.8. The number of nitrogens with one attached hydrogen (secondary N) is 2. The van der Waals surface area contributed by atoms with Gasteiger partial charge in [0.25, 0.3) is 0 Å². The van der Waals surface area contributed by atoms with Gasteiger partial charge in [0.15, 0.2) is 12.1 Å². The van der Waals surface area contributed by atoms with E-state index in [-0.39, 0.29) is 0 Å². The summed E-state index contributed by atoms with van der Waals surface area (Å²) in [6.07, 6.45) is -2.69. The van der Waals surface area contributed by atoms with E-state index in [1.54, 1.807) is 0 Å². The van der Waals surface area contributed by atoms with Gasteiger partial charge in [0.05, 0.1) is 25.4 Å². The molecule has 0 aliphatic carbocycles. The molecule has 0 saturated carbocycles. The number of rotatable bonds is 8. The second kappa shape index (κ2) is 8.01. The lowest BCUT2D eigenvalue weighted by Gasteiger charge is -2.47. The number of primary amides is 2. The van der Waals surface area contributed by atoms with E-state index in [0.717, 1.165) is 9.80 Å². The largest absolute Gasteiger partial charge is 0.394 e. The molecule has 0 radical (unpaired) electrons. The maximum atomic E-state index is 11.7. The number of carbonyl (C=O) groups is 2. The summed E-state index contributed by atoms with van der Waals surface area (Å²) >= 11 is 0. The van der Waals surface area contributed by atoms with Crippen molar-refractivity contribution in [2.45, 2.75) is 24.3 Å². The van der Waals surface area contributed by atoms with Crippen molar-refractivity contribution in [1.29, 1.82) is 10.8 Å². The lowest BCUT2D eigenvalue weighted by atomic mass is 10.0. The lowest BCUT2D eigenvalue weighted by Crippen LogP contribution is -2.71. The highest BCUT2D eigenvalue weighted by molar-refractivity contribution is 6.17. The predicted molar refractivity (Wildman–Crippen MR) is 81.0 cm³/mol. The Hall–Kier alpha value is -2.28. The first-order chi connectivity index (χ1) is 11.1. The first kappa shape index (κ1) is 19.8. The summed E-state index contributed by atoms with van der Waals surface area (Å²) in [5.41, 5.74) is 10.5. The molecule has 1 fully saturated rings. The number of aliphatic hydroxyl groups is 4. The van der Waals surface area contributed by atoms with Crippen molar-refractivity contribution in [3.05, 3.63) is 0 Å². The van der Waals surface area contributed by atoms with Gasteiger partial charge in [0.2, 0.25) is 11.8 Å². The Labute approximate surface area is 137 Å². The van der Waals surface area contributed by atoms with Crippen molar-refractivity contribution >= 4 is 23.5 Å². The molecule has 0 aromatic carbocycles. The zero-order chi connectivity index (χ0) is 18.6. The van der Waals surface area contributed by atoms with Gasteiger partial charge in [-0.1, -0.05) is 0 Å². The Morgan fingerprint density at radius 1 is 0.917 bits per heavy atom. The molecular formula is C12H22N6O6. The molecule has 0 aromatic rings. The normalized spacial score (nSPS) is 24.0. The zero-order valence-electron chi connectivity index (χ0n) is 12.8. The predicted octanol–water partition coefficient (Wildman–Crippen LogP) is -5.03. The van der Waals surface area contributed by atoms with Crippen LogP contribution in [0.1, 0.15) is 0 Å². The second-order valence-electron chi connectivity index (χ2n) is 5.36. The third-order valence-electron chi connectivity index (χ3n) is 3.54. The molecule has 4 unspecified atom stereocenters. The van der Waals surface area contributed by atoms with Crippen molar-refractivity contribution in [3.63, 3.8) is 0 Å². The van der Waals surface area contributed by atoms with Crippen LogP contribution in [0.2, 0.25) is 0 Å². The first-order valence-electron chi connectivity index (χ1n) is 7.02. The highest BCUT2D eigenvalue weighted by atomic mass is 16.3. The van der Waals surface area contributed by atoms with E-state index in [1.807, 2.05) is 0 Å². The number of hydrogen-bond acceptors (Lipinski definition) is 8. The van der Waals surface area contributed by atoms with Crippen molar-refractivity contribution in [2.24, 2.45) is 11.5 Å². The summed E-state index contributed by atoms with van der Waals surface area (Å²) < 4.78 is 0. The van der Waals surface area contributed by atoms with Crippen molar-refractivity contribution < 1.29 is 30.0 Å². The average Bonchev–Trinajstić information content (AvgIpc) is 2.50. The Morgan fingerprint density at radius 2 is 1.21 bits per heavy atom.